The van der Waals surface area contributed by atoms with Gasteiger partial charge in [0, 0.05) is 42.5 Å². The van der Waals surface area contributed by atoms with Crippen molar-refractivity contribution < 1.29 is 4.79 Å². The number of aromatic nitrogens is 6. The molecule has 1 saturated heterocycles. The third-order valence-corrected chi connectivity index (χ3v) is 4.96. The smallest absolute Gasteiger partial charge is 0.259 e. The molecule has 1 N–H and O–H groups in total. The minimum atomic E-state index is -0.0222. The van der Waals surface area contributed by atoms with E-state index in [9.17, 15) is 4.79 Å². The van der Waals surface area contributed by atoms with Crippen LogP contribution in [0.4, 0.5) is 0 Å². The summed E-state index contributed by atoms with van der Waals surface area (Å²) in [5.41, 5.74) is 2.93. The number of hydrogen-bond acceptors (Lipinski definition) is 5. The number of nitrogens with zero attached hydrogens (tertiary/aromatic N) is 6. The summed E-state index contributed by atoms with van der Waals surface area (Å²) in [4.78, 5) is 23.9. The predicted octanol–water partition coefficient (Wildman–Crippen LogP) is 2.02. The number of H-pyrrole nitrogens is 1. The van der Waals surface area contributed by atoms with Gasteiger partial charge in [0.1, 0.15) is 5.56 Å². The number of carbonyl (C=O) groups excluding carboxylic acids is 1. The minimum absolute atomic E-state index is 0.0222. The Kier molecular flexibility index (Phi) is 3.41. The normalized spacial score (nSPS) is 17.8. The van der Waals surface area contributed by atoms with E-state index in [-0.39, 0.29) is 11.8 Å². The Bertz CT molecular complexity index is 1100. The molecule has 8 heteroatoms. The molecule has 5 heterocycles. The number of nitrogens with one attached hydrogen (secondary N) is 1. The van der Waals surface area contributed by atoms with E-state index in [0.29, 0.717) is 17.8 Å². The number of rotatable bonds is 2. The summed E-state index contributed by atoms with van der Waals surface area (Å²) in [6.45, 7) is 1.39. The summed E-state index contributed by atoms with van der Waals surface area (Å²) in [6, 6.07) is 5.85. The third-order valence-electron chi connectivity index (χ3n) is 4.96. The van der Waals surface area contributed by atoms with Crippen LogP contribution < -0.4 is 0 Å². The lowest BCUT2D eigenvalue weighted by molar-refractivity contribution is 0.0707. The molecule has 0 aromatic carbocycles. The summed E-state index contributed by atoms with van der Waals surface area (Å²) in [6.07, 6.45) is 8.80. The summed E-state index contributed by atoms with van der Waals surface area (Å²) < 4.78 is 1.63. The van der Waals surface area contributed by atoms with Crippen LogP contribution in [0.1, 0.15) is 34.8 Å². The molecule has 8 nitrogen and oxygen atoms in total. The first-order chi connectivity index (χ1) is 12.8. The topological polar surface area (TPSA) is 92.1 Å². The molecule has 1 atom stereocenters. The molecule has 1 fully saturated rings. The molecular weight excluding hydrogens is 330 g/mol. The Morgan fingerprint density at radius 3 is 3.19 bits per heavy atom. The molecule has 4 aromatic heterocycles. The lowest BCUT2D eigenvalue weighted by Gasteiger charge is -2.32. The van der Waals surface area contributed by atoms with Gasteiger partial charge in [-0.25, -0.2) is 14.5 Å². The van der Waals surface area contributed by atoms with Gasteiger partial charge < -0.3 is 4.90 Å². The maximum Gasteiger partial charge on any atom is 0.259 e. The van der Waals surface area contributed by atoms with Gasteiger partial charge in [0.25, 0.3) is 5.91 Å². The molecule has 0 aliphatic carbocycles. The summed E-state index contributed by atoms with van der Waals surface area (Å²) >= 11 is 0. The van der Waals surface area contributed by atoms with E-state index in [0.717, 1.165) is 36.1 Å². The Hall–Kier alpha value is -3.29. The van der Waals surface area contributed by atoms with Crippen molar-refractivity contribution in [1.29, 1.82) is 0 Å². The van der Waals surface area contributed by atoms with E-state index in [1.54, 1.807) is 35.4 Å². The molecule has 0 unspecified atom stereocenters. The number of amides is 1. The van der Waals surface area contributed by atoms with Crippen LogP contribution in [0, 0.1) is 0 Å². The second kappa shape index (κ2) is 5.91. The van der Waals surface area contributed by atoms with Crippen molar-refractivity contribution in [2.75, 3.05) is 13.1 Å². The monoisotopic (exact) mass is 347 g/mol. The number of carbonyl (C=O) groups is 1. The maximum absolute atomic E-state index is 13.0. The Morgan fingerprint density at radius 1 is 1.27 bits per heavy atom. The van der Waals surface area contributed by atoms with E-state index in [2.05, 4.69) is 25.3 Å². The zero-order valence-electron chi connectivity index (χ0n) is 14.0. The van der Waals surface area contributed by atoms with Crippen LogP contribution >= 0.6 is 0 Å². The molecule has 0 saturated carbocycles. The van der Waals surface area contributed by atoms with Crippen molar-refractivity contribution in [3.05, 3.63) is 54.2 Å². The van der Waals surface area contributed by atoms with Gasteiger partial charge in [0.05, 0.1) is 12.4 Å². The molecule has 1 amide bonds. The molecule has 1 aliphatic rings. The van der Waals surface area contributed by atoms with Crippen LogP contribution in [-0.2, 0) is 0 Å². The predicted molar refractivity (Wildman–Crippen MR) is 94.8 cm³/mol. The number of hydrogen-bond donors (Lipinski definition) is 1. The van der Waals surface area contributed by atoms with E-state index < -0.39 is 0 Å². The first kappa shape index (κ1) is 15.0. The van der Waals surface area contributed by atoms with Gasteiger partial charge >= 0.3 is 0 Å². The average molecular weight is 347 g/mol. The summed E-state index contributed by atoms with van der Waals surface area (Å²) in [5, 5.41) is 12.2. The van der Waals surface area contributed by atoms with Gasteiger partial charge in [0.15, 0.2) is 11.3 Å². The van der Waals surface area contributed by atoms with E-state index in [1.165, 1.54) is 0 Å². The molecular formula is C18H17N7O. The Labute approximate surface area is 148 Å². The molecule has 5 rings (SSSR count). The molecule has 26 heavy (non-hydrogen) atoms. The van der Waals surface area contributed by atoms with E-state index in [1.807, 2.05) is 17.0 Å². The van der Waals surface area contributed by atoms with Crippen molar-refractivity contribution in [2.45, 2.75) is 18.8 Å². The van der Waals surface area contributed by atoms with Crippen LogP contribution in [0.5, 0.6) is 0 Å². The van der Waals surface area contributed by atoms with Crippen LogP contribution in [0.2, 0.25) is 0 Å². The van der Waals surface area contributed by atoms with Crippen molar-refractivity contribution in [1.82, 2.24) is 34.7 Å². The van der Waals surface area contributed by atoms with Gasteiger partial charge in [0.2, 0.25) is 0 Å². The fraction of sp³-hybridized carbons (Fsp3) is 0.278. The highest BCUT2D eigenvalue weighted by molar-refractivity contribution is 5.99. The molecule has 0 spiro atoms. The van der Waals surface area contributed by atoms with Gasteiger partial charge in [-0.2, -0.15) is 10.2 Å². The molecule has 4 aromatic rings. The third kappa shape index (κ3) is 2.42. The average Bonchev–Trinajstić information content (AvgIpc) is 3.33. The highest BCUT2D eigenvalue weighted by Crippen LogP contribution is 2.28. The van der Waals surface area contributed by atoms with E-state index >= 15 is 0 Å². The first-order valence-corrected chi connectivity index (χ1v) is 8.67. The number of piperidine rings is 1. The van der Waals surface area contributed by atoms with Crippen LogP contribution in [0.3, 0.4) is 0 Å². The van der Waals surface area contributed by atoms with Crippen molar-refractivity contribution in [3.8, 4) is 0 Å². The second-order valence-corrected chi connectivity index (χ2v) is 6.58. The van der Waals surface area contributed by atoms with Crippen molar-refractivity contribution in [2.24, 2.45) is 0 Å². The zero-order chi connectivity index (χ0) is 17.5. The van der Waals surface area contributed by atoms with Crippen LogP contribution in [0.25, 0.3) is 16.7 Å². The second-order valence-electron chi connectivity index (χ2n) is 6.58. The number of pyridine rings is 1. The van der Waals surface area contributed by atoms with Crippen LogP contribution in [0.15, 0.2) is 43.0 Å². The maximum atomic E-state index is 13.0. The van der Waals surface area contributed by atoms with Crippen molar-refractivity contribution >= 4 is 22.6 Å². The molecule has 0 radical (unpaired) electrons. The Morgan fingerprint density at radius 2 is 2.23 bits per heavy atom. The first-order valence-electron chi connectivity index (χ1n) is 8.67. The number of aromatic amines is 1. The van der Waals surface area contributed by atoms with Gasteiger partial charge in [-0.3, -0.25) is 9.89 Å². The highest BCUT2D eigenvalue weighted by Gasteiger charge is 2.28. The molecule has 0 bridgehead atoms. The SMILES string of the molecule is O=C(c1cnn2cccnc12)N1CCC[C@H](c2ccc3cn[nH]c3n2)C1. The highest BCUT2D eigenvalue weighted by atomic mass is 16.2. The van der Waals surface area contributed by atoms with Gasteiger partial charge in [-0.15, -0.1) is 0 Å². The molecule has 130 valence electrons. The number of likely N-dealkylation sites (tertiary alicyclic amines) is 1. The number of fused-ring (bicyclic) bond motifs is 2. The fourth-order valence-corrected chi connectivity index (χ4v) is 3.62. The molecule has 1 aliphatic heterocycles. The quantitative estimate of drug-likeness (QED) is 0.599. The zero-order valence-corrected chi connectivity index (χ0v) is 14.0. The standard InChI is InChI=1S/C18H17N7O/c26-18(14-10-21-25-8-2-6-19-17(14)25)24-7-1-3-13(11-24)15-5-4-12-9-20-23-16(12)22-15/h2,4-6,8-10,13H,1,3,7,11H2,(H,20,22,23)/t13-/m0/s1. The van der Waals surface area contributed by atoms with Gasteiger partial charge in [-0.05, 0) is 31.0 Å². The lowest BCUT2D eigenvalue weighted by Crippen LogP contribution is -2.39. The largest absolute Gasteiger partial charge is 0.338 e. The van der Waals surface area contributed by atoms with Crippen LogP contribution in [-0.4, -0.2) is 53.7 Å². The minimum Gasteiger partial charge on any atom is -0.338 e. The summed E-state index contributed by atoms with van der Waals surface area (Å²) in [5.74, 6) is 0.196. The van der Waals surface area contributed by atoms with Crippen molar-refractivity contribution in [3.63, 3.8) is 0 Å². The van der Waals surface area contributed by atoms with E-state index in [4.69, 9.17) is 0 Å². The van der Waals surface area contributed by atoms with Gasteiger partial charge in [-0.1, -0.05) is 0 Å². The fourth-order valence-electron chi connectivity index (χ4n) is 3.62. The lowest BCUT2D eigenvalue weighted by atomic mass is 9.93. The Balaban J connectivity index is 1.42. The summed E-state index contributed by atoms with van der Waals surface area (Å²) in [7, 11) is 0.